The number of benzene rings is 3. The number of ether oxygens (including phenoxy) is 2. The van der Waals surface area contributed by atoms with Gasteiger partial charge in [0.2, 0.25) is 0 Å². The van der Waals surface area contributed by atoms with Crippen LogP contribution in [0, 0.1) is 17.6 Å². The first kappa shape index (κ1) is 25.0. The van der Waals surface area contributed by atoms with Crippen molar-refractivity contribution in [3.63, 3.8) is 0 Å². The smallest absolute Gasteiger partial charge is 0.180 e. The number of sulfone groups is 1. The summed E-state index contributed by atoms with van der Waals surface area (Å²) >= 11 is 6.07. The van der Waals surface area contributed by atoms with Crippen LogP contribution in [0.4, 0.5) is 14.5 Å². The van der Waals surface area contributed by atoms with Gasteiger partial charge in [-0.2, -0.15) is 0 Å². The van der Waals surface area contributed by atoms with Crippen molar-refractivity contribution >= 4 is 27.1 Å². The summed E-state index contributed by atoms with van der Waals surface area (Å²) < 4.78 is 68.1. The molecule has 0 aliphatic carbocycles. The molecule has 36 heavy (non-hydrogen) atoms. The summed E-state index contributed by atoms with van der Waals surface area (Å²) in [5.74, 6) is -1.83. The topological polar surface area (TPSA) is 78.6 Å². The molecule has 5 rings (SSSR count). The maximum Gasteiger partial charge on any atom is 0.180 e. The second kappa shape index (κ2) is 9.65. The Kier molecular flexibility index (Phi) is 6.70. The molecule has 1 fully saturated rings. The molecule has 2 aliphatic rings. The van der Waals surface area contributed by atoms with E-state index in [4.69, 9.17) is 26.8 Å². The van der Waals surface area contributed by atoms with Crippen molar-refractivity contribution in [1.82, 2.24) is 0 Å². The van der Waals surface area contributed by atoms with Crippen molar-refractivity contribution in [3.8, 4) is 5.75 Å². The number of hydrogen-bond acceptors (Lipinski definition) is 5. The zero-order chi connectivity index (χ0) is 25.5. The molecule has 0 spiro atoms. The summed E-state index contributed by atoms with van der Waals surface area (Å²) in [5.41, 5.74) is 6.35. The Morgan fingerprint density at radius 3 is 2.50 bits per heavy atom. The predicted octanol–water partition coefficient (Wildman–Crippen LogP) is 5.34. The molecule has 0 amide bonds. The fraction of sp³-hybridized carbons (Fsp3) is 0.333. The first-order valence-corrected chi connectivity index (χ1v) is 13.8. The minimum atomic E-state index is -3.68. The van der Waals surface area contributed by atoms with Crippen molar-refractivity contribution < 1.29 is 26.7 Å². The van der Waals surface area contributed by atoms with E-state index in [-0.39, 0.29) is 47.3 Å². The molecule has 0 saturated carbocycles. The molecular weight excluding hydrogens is 508 g/mol. The first-order chi connectivity index (χ1) is 17.2. The van der Waals surface area contributed by atoms with Crippen molar-refractivity contribution in [2.24, 2.45) is 5.92 Å². The van der Waals surface area contributed by atoms with E-state index in [1.165, 1.54) is 6.07 Å². The van der Waals surface area contributed by atoms with Gasteiger partial charge in [0.05, 0.1) is 29.0 Å². The van der Waals surface area contributed by atoms with Crippen LogP contribution in [-0.2, 0) is 26.4 Å². The van der Waals surface area contributed by atoms with E-state index in [9.17, 15) is 12.8 Å². The molecule has 5 nitrogen and oxygen atoms in total. The highest BCUT2D eigenvalue weighted by Crippen LogP contribution is 2.52. The molecule has 3 aromatic carbocycles. The molecular formula is C27H26ClF2NO4S. The third-order valence-corrected chi connectivity index (χ3v) is 9.43. The Balaban J connectivity index is 1.51. The normalized spacial score (nSPS) is 23.4. The maximum absolute atomic E-state index is 15.4. The van der Waals surface area contributed by atoms with Crippen LogP contribution < -0.4 is 10.5 Å². The van der Waals surface area contributed by atoms with E-state index in [1.807, 2.05) is 12.1 Å². The monoisotopic (exact) mass is 533 g/mol. The molecule has 2 N–H and O–H groups in total. The fourth-order valence-electron chi connectivity index (χ4n) is 5.64. The van der Waals surface area contributed by atoms with Crippen LogP contribution in [-0.4, -0.2) is 33.5 Å². The highest BCUT2D eigenvalue weighted by atomic mass is 35.5. The van der Waals surface area contributed by atoms with Crippen LogP contribution in [0.25, 0.3) is 0 Å². The van der Waals surface area contributed by atoms with Gasteiger partial charge in [0, 0.05) is 28.5 Å². The molecule has 0 aromatic heterocycles. The Morgan fingerprint density at radius 2 is 1.75 bits per heavy atom. The summed E-state index contributed by atoms with van der Waals surface area (Å²) in [5, 5.41) is 0.577. The van der Waals surface area contributed by atoms with Gasteiger partial charge in [0.1, 0.15) is 5.82 Å². The highest BCUT2D eigenvalue weighted by molar-refractivity contribution is 7.91. The average molecular weight is 534 g/mol. The van der Waals surface area contributed by atoms with E-state index < -0.39 is 38.9 Å². The van der Waals surface area contributed by atoms with Gasteiger partial charge in [-0.3, -0.25) is 0 Å². The second-order valence-electron chi connectivity index (χ2n) is 9.41. The van der Waals surface area contributed by atoms with E-state index in [2.05, 4.69) is 0 Å². The summed E-state index contributed by atoms with van der Waals surface area (Å²) in [6.07, 6.45) is 0.469. The first-order valence-electron chi connectivity index (χ1n) is 11.8. The van der Waals surface area contributed by atoms with Crippen LogP contribution in [0.15, 0.2) is 65.6 Å². The third kappa shape index (κ3) is 4.46. The van der Waals surface area contributed by atoms with E-state index >= 15 is 4.39 Å². The number of anilines is 1. The zero-order valence-electron chi connectivity index (χ0n) is 19.4. The lowest BCUT2D eigenvalue weighted by Gasteiger charge is -2.51. The maximum atomic E-state index is 15.4. The zero-order valence-corrected chi connectivity index (χ0v) is 21.0. The van der Waals surface area contributed by atoms with Gasteiger partial charge in [-0.15, -0.1) is 0 Å². The van der Waals surface area contributed by atoms with Crippen LogP contribution >= 0.6 is 11.6 Å². The van der Waals surface area contributed by atoms with Crippen LogP contribution in [0.2, 0.25) is 5.02 Å². The summed E-state index contributed by atoms with van der Waals surface area (Å²) in [7, 11) is -3.68. The number of fused-ring (bicyclic) bond motifs is 3. The number of para-hydroxylation sites is 1. The predicted molar refractivity (Wildman–Crippen MR) is 134 cm³/mol. The average Bonchev–Trinajstić information content (AvgIpc) is 2.86. The quantitative estimate of drug-likeness (QED) is 0.433. The van der Waals surface area contributed by atoms with Crippen LogP contribution in [0.5, 0.6) is 5.75 Å². The third-order valence-electron chi connectivity index (χ3n) is 7.36. The van der Waals surface area contributed by atoms with E-state index in [0.29, 0.717) is 17.9 Å². The van der Waals surface area contributed by atoms with Crippen LogP contribution in [0.3, 0.4) is 0 Å². The van der Waals surface area contributed by atoms with Crippen molar-refractivity contribution in [2.45, 2.75) is 35.7 Å². The molecule has 0 unspecified atom stereocenters. The number of rotatable bonds is 6. The summed E-state index contributed by atoms with van der Waals surface area (Å²) in [4.78, 5) is 0.0755. The Hall–Kier alpha value is -2.68. The standard InChI is InChI=1S/C27H26ClF2NO4S/c28-18-7-5-17(6-8-18)15-27-12-13-34-23(11-14-36(32,33)24-4-2-1-3-22(24)31)19(27)16-35-26-21(30)10-9-20(29)25(26)27/h1-10,19,23H,11-16,31H2/t19-,23-,27-/m0/s1. The molecule has 3 atom stereocenters. The number of nitrogen functional groups attached to an aromatic ring is 1. The van der Waals surface area contributed by atoms with Crippen LogP contribution in [0.1, 0.15) is 24.0 Å². The van der Waals surface area contributed by atoms with Gasteiger partial charge in [0.25, 0.3) is 0 Å². The second-order valence-corrected chi connectivity index (χ2v) is 11.9. The summed E-state index contributed by atoms with van der Waals surface area (Å²) in [6.45, 7) is 0.358. The van der Waals surface area contributed by atoms with Gasteiger partial charge >= 0.3 is 0 Å². The molecule has 0 bridgehead atoms. The molecule has 1 saturated heterocycles. The molecule has 0 radical (unpaired) electrons. The summed E-state index contributed by atoms with van der Waals surface area (Å²) in [6, 6.07) is 15.8. The Morgan fingerprint density at radius 1 is 1.03 bits per heavy atom. The number of nitrogens with two attached hydrogens (primary N) is 1. The largest absolute Gasteiger partial charge is 0.490 e. The Labute approximate surface area is 214 Å². The molecule has 3 aromatic rings. The van der Waals surface area contributed by atoms with Crippen molar-refractivity contribution in [2.75, 3.05) is 24.7 Å². The van der Waals surface area contributed by atoms with Crippen molar-refractivity contribution in [3.05, 3.63) is 88.4 Å². The molecule has 190 valence electrons. The lowest BCUT2D eigenvalue weighted by Crippen LogP contribution is -2.55. The SMILES string of the molecule is Nc1ccccc1S(=O)(=O)CC[C@@H]1OCC[C@@]2(Cc3ccc(Cl)cc3)c3c(F)ccc(F)c3OC[C@@H]12. The lowest BCUT2D eigenvalue weighted by atomic mass is 9.60. The number of halogens is 3. The molecule has 2 heterocycles. The lowest BCUT2D eigenvalue weighted by molar-refractivity contribution is -0.0963. The van der Waals surface area contributed by atoms with Gasteiger partial charge in [-0.05, 0) is 61.2 Å². The fourth-order valence-corrected chi connectivity index (χ4v) is 7.24. The van der Waals surface area contributed by atoms with E-state index in [0.717, 1.165) is 17.7 Å². The molecule has 9 heteroatoms. The van der Waals surface area contributed by atoms with Gasteiger partial charge in [-0.25, -0.2) is 17.2 Å². The van der Waals surface area contributed by atoms with Crippen molar-refractivity contribution in [1.29, 1.82) is 0 Å². The minimum absolute atomic E-state index is 0.0755. The minimum Gasteiger partial charge on any atom is -0.490 e. The van der Waals surface area contributed by atoms with Gasteiger partial charge in [0.15, 0.2) is 21.4 Å². The van der Waals surface area contributed by atoms with E-state index in [1.54, 1.807) is 30.3 Å². The molecule has 2 aliphatic heterocycles. The highest BCUT2D eigenvalue weighted by Gasteiger charge is 2.53. The Bertz CT molecular complexity index is 1380. The number of hydrogen-bond donors (Lipinski definition) is 1. The van der Waals surface area contributed by atoms with Gasteiger partial charge < -0.3 is 15.2 Å². The van der Waals surface area contributed by atoms with Gasteiger partial charge in [-0.1, -0.05) is 35.9 Å².